The van der Waals surface area contributed by atoms with E-state index in [2.05, 4.69) is 15.3 Å². The summed E-state index contributed by atoms with van der Waals surface area (Å²) in [6.07, 6.45) is 0. The summed E-state index contributed by atoms with van der Waals surface area (Å²) in [5.74, 6) is 0.561. The Morgan fingerprint density at radius 3 is 2.36 bits per heavy atom. The molecule has 0 atom stereocenters. The first-order valence-corrected chi connectivity index (χ1v) is 6.76. The molecule has 0 saturated heterocycles. The van der Waals surface area contributed by atoms with Gasteiger partial charge in [-0.05, 0) is 24.3 Å². The van der Waals surface area contributed by atoms with Crippen LogP contribution in [0.3, 0.4) is 0 Å². The number of nitrogens with zero attached hydrogens (tertiary/aromatic N) is 2. The minimum absolute atomic E-state index is 0.290. The molecule has 3 rings (SSSR count). The van der Waals surface area contributed by atoms with Gasteiger partial charge < -0.3 is 10.1 Å². The first kappa shape index (κ1) is 14.0. The molecule has 1 aromatic heterocycles. The third-order valence-electron chi connectivity index (χ3n) is 3.08. The van der Waals surface area contributed by atoms with Crippen molar-refractivity contribution in [3.8, 4) is 17.1 Å². The number of nitrogens with one attached hydrogen (secondary N) is 1. The maximum atomic E-state index is 13.0. The van der Waals surface area contributed by atoms with Crippen LogP contribution >= 0.6 is 0 Å². The Morgan fingerprint density at radius 1 is 0.955 bits per heavy atom. The van der Waals surface area contributed by atoms with Crippen LogP contribution in [0.25, 0.3) is 11.3 Å². The van der Waals surface area contributed by atoms with Gasteiger partial charge >= 0.3 is 0 Å². The second-order valence-corrected chi connectivity index (χ2v) is 4.62. The lowest BCUT2D eigenvalue weighted by molar-refractivity contribution is 0.398. The van der Waals surface area contributed by atoms with E-state index in [1.54, 1.807) is 25.3 Å². The predicted octanol–water partition coefficient (Wildman–Crippen LogP) is 4.03. The fourth-order valence-corrected chi connectivity index (χ4v) is 2.00. The van der Waals surface area contributed by atoms with Crippen LogP contribution in [0.2, 0.25) is 0 Å². The molecular formula is C17H14FN3O. The van der Waals surface area contributed by atoms with Gasteiger partial charge in [-0.15, -0.1) is 0 Å². The molecule has 22 heavy (non-hydrogen) atoms. The lowest BCUT2D eigenvalue weighted by atomic mass is 10.1. The average Bonchev–Trinajstić information content (AvgIpc) is 2.57. The average molecular weight is 295 g/mol. The fourth-order valence-electron chi connectivity index (χ4n) is 2.00. The van der Waals surface area contributed by atoms with Crippen LogP contribution in [0, 0.1) is 5.82 Å². The monoisotopic (exact) mass is 295 g/mol. The van der Waals surface area contributed by atoms with Gasteiger partial charge in [0.05, 0.1) is 12.8 Å². The summed E-state index contributed by atoms with van der Waals surface area (Å²) in [7, 11) is 1.55. The van der Waals surface area contributed by atoms with Crippen LogP contribution in [0.1, 0.15) is 0 Å². The molecular weight excluding hydrogens is 281 g/mol. The van der Waals surface area contributed by atoms with Gasteiger partial charge in [0.15, 0.2) is 0 Å². The van der Waals surface area contributed by atoms with Crippen LogP contribution in [0.4, 0.5) is 16.0 Å². The van der Waals surface area contributed by atoms with Gasteiger partial charge in [0, 0.05) is 17.3 Å². The number of benzene rings is 2. The molecule has 0 amide bonds. The number of hydrogen-bond acceptors (Lipinski definition) is 4. The van der Waals surface area contributed by atoms with E-state index in [1.807, 2.05) is 30.3 Å². The van der Waals surface area contributed by atoms with E-state index in [0.717, 1.165) is 11.3 Å². The number of hydrogen-bond donors (Lipinski definition) is 1. The van der Waals surface area contributed by atoms with E-state index in [4.69, 9.17) is 4.74 Å². The Balaban J connectivity index is 1.95. The van der Waals surface area contributed by atoms with Crippen molar-refractivity contribution in [3.63, 3.8) is 0 Å². The lowest BCUT2D eigenvalue weighted by Crippen LogP contribution is -2.00. The molecule has 0 aliphatic heterocycles. The molecule has 1 N–H and O–H groups in total. The summed E-state index contributed by atoms with van der Waals surface area (Å²) in [6, 6.07) is 17.5. The molecule has 4 nitrogen and oxygen atoms in total. The zero-order valence-corrected chi connectivity index (χ0v) is 12.0. The van der Waals surface area contributed by atoms with E-state index in [0.29, 0.717) is 17.5 Å². The minimum Gasteiger partial charge on any atom is -0.481 e. The SMILES string of the molecule is COc1cc(-c2ccccc2)nc(Nc2ccc(F)cc2)n1. The molecule has 0 aliphatic rings. The Morgan fingerprint density at radius 2 is 1.68 bits per heavy atom. The highest BCUT2D eigenvalue weighted by Crippen LogP contribution is 2.23. The van der Waals surface area contributed by atoms with E-state index in [9.17, 15) is 4.39 Å². The van der Waals surface area contributed by atoms with Crippen molar-refractivity contribution in [3.05, 3.63) is 66.5 Å². The van der Waals surface area contributed by atoms with E-state index in [-0.39, 0.29) is 5.82 Å². The third-order valence-corrected chi connectivity index (χ3v) is 3.08. The normalized spacial score (nSPS) is 10.3. The van der Waals surface area contributed by atoms with Gasteiger partial charge in [0.25, 0.3) is 0 Å². The number of anilines is 2. The van der Waals surface area contributed by atoms with Gasteiger partial charge in [-0.1, -0.05) is 30.3 Å². The maximum absolute atomic E-state index is 13.0. The lowest BCUT2D eigenvalue weighted by Gasteiger charge is -2.09. The fraction of sp³-hybridized carbons (Fsp3) is 0.0588. The largest absolute Gasteiger partial charge is 0.481 e. The van der Waals surface area contributed by atoms with E-state index in [1.165, 1.54) is 12.1 Å². The third kappa shape index (κ3) is 3.20. The summed E-state index contributed by atoms with van der Waals surface area (Å²) in [5, 5.41) is 3.05. The number of ether oxygens (including phenoxy) is 1. The molecule has 0 spiro atoms. The van der Waals surface area contributed by atoms with E-state index >= 15 is 0 Å². The number of rotatable bonds is 4. The van der Waals surface area contributed by atoms with Gasteiger partial charge in [0.1, 0.15) is 5.82 Å². The summed E-state index contributed by atoms with van der Waals surface area (Å²) >= 11 is 0. The molecule has 0 aliphatic carbocycles. The van der Waals surface area contributed by atoms with Gasteiger partial charge in [-0.3, -0.25) is 0 Å². The van der Waals surface area contributed by atoms with E-state index < -0.39 is 0 Å². The second-order valence-electron chi connectivity index (χ2n) is 4.62. The number of halogens is 1. The highest BCUT2D eigenvalue weighted by Gasteiger charge is 2.07. The first-order chi connectivity index (χ1) is 10.7. The standard InChI is InChI=1S/C17H14FN3O/c1-22-16-11-15(12-5-3-2-4-6-12)20-17(21-16)19-14-9-7-13(18)8-10-14/h2-11H,1H3,(H,19,20,21). The summed E-state index contributed by atoms with van der Waals surface area (Å²) in [5.41, 5.74) is 2.41. The van der Waals surface area contributed by atoms with Crippen LogP contribution in [0.5, 0.6) is 5.88 Å². The van der Waals surface area contributed by atoms with Crippen molar-refractivity contribution in [1.82, 2.24) is 9.97 Å². The van der Waals surface area contributed by atoms with Gasteiger partial charge in [-0.2, -0.15) is 4.98 Å². The Bertz CT molecular complexity index is 761. The maximum Gasteiger partial charge on any atom is 0.231 e. The molecule has 0 bridgehead atoms. The molecule has 5 heteroatoms. The predicted molar refractivity (Wildman–Crippen MR) is 83.7 cm³/mol. The smallest absolute Gasteiger partial charge is 0.231 e. The summed E-state index contributed by atoms with van der Waals surface area (Å²) < 4.78 is 18.2. The highest BCUT2D eigenvalue weighted by atomic mass is 19.1. The van der Waals surface area contributed by atoms with Crippen LogP contribution < -0.4 is 10.1 Å². The summed E-state index contributed by atoms with van der Waals surface area (Å²) in [4.78, 5) is 8.73. The number of methoxy groups -OCH3 is 1. The zero-order chi connectivity index (χ0) is 15.4. The molecule has 0 unspecified atom stereocenters. The van der Waals surface area contributed by atoms with Crippen molar-refractivity contribution in [1.29, 1.82) is 0 Å². The van der Waals surface area contributed by atoms with Crippen molar-refractivity contribution in [2.24, 2.45) is 0 Å². The molecule has 0 radical (unpaired) electrons. The minimum atomic E-state index is -0.290. The van der Waals surface area contributed by atoms with Crippen molar-refractivity contribution >= 4 is 11.6 Å². The zero-order valence-electron chi connectivity index (χ0n) is 12.0. The highest BCUT2D eigenvalue weighted by molar-refractivity contribution is 5.63. The second kappa shape index (κ2) is 6.22. The van der Waals surface area contributed by atoms with Gasteiger partial charge in [-0.25, -0.2) is 9.37 Å². The molecule has 0 saturated carbocycles. The number of aromatic nitrogens is 2. The molecule has 1 heterocycles. The van der Waals surface area contributed by atoms with Crippen molar-refractivity contribution < 1.29 is 9.13 Å². The topological polar surface area (TPSA) is 47.0 Å². The molecule has 3 aromatic rings. The quantitative estimate of drug-likeness (QED) is 0.789. The first-order valence-electron chi connectivity index (χ1n) is 6.76. The molecule has 0 fully saturated rings. The Hall–Kier alpha value is -2.95. The van der Waals surface area contributed by atoms with Crippen LogP contribution in [-0.4, -0.2) is 17.1 Å². The Kier molecular flexibility index (Phi) is 3.96. The molecule has 110 valence electrons. The molecule has 2 aromatic carbocycles. The van der Waals surface area contributed by atoms with Crippen LogP contribution in [-0.2, 0) is 0 Å². The van der Waals surface area contributed by atoms with Crippen LogP contribution in [0.15, 0.2) is 60.7 Å². The van der Waals surface area contributed by atoms with Crippen molar-refractivity contribution in [2.45, 2.75) is 0 Å². The Labute approximate surface area is 127 Å². The van der Waals surface area contributed by atoms with Crippen molar-refractivity contribution in [2.75, 3.05) is 12.4 Å². The summed E-state index contributed by atoms with van der Waals surface area (Å²) in [6.45, 7) is 0. The van der Waals surface area contributed by atoms with Gasteiger partial charge in [0.2, 0.25) is 11.8 Å².